The van der Waals surface area contributed by atoms with E-state index in [9.17, 15) is 19.2 Å². The van der Waals surface area contributed by atoms with Gasteiger partial charge in [-0.05, 0) is 30.2 Å². The Kier molecular flexibility index (Phi) is 4.04. The van der Waals surface area contributed by atoms with Gasteiger partial charge in [0, 0.05) is 24.2 Å². The van der Waals surface area contributed by atoms with Crippen molar-refractivity contribution in [2.24, 2.45) is 0 Å². The topological polar surface area (TPSA) is 95.6 Å². The van der Waals surface area contributed by atoms with Crippen LogP contribution < -0.4 is 10.6 Å². The lowest BCUT2D eigenvalue weighted by molar-refractivity contribution is -0.136. The van der Waals surface area contributed by atoms with Gasteiger partial charge in [-0.2, -0.15) is 0 Å². The van der Waals surface area contributed by atoms with Gasteiger partial charge in [-0.25, -0.2) is 0 Å². The van der Waals surface area contributed by atoms with Crippen LogP contribution in [0.1, 0.15) is 28.8 Å². The lowest BCUT2D eigenvalue weighted by Gasteiger charge is -2.29. The number of hydrogen-bond acceptors (Lipinski definition) is 4. The number of carbonyl (C=O) groups excluding carboxylic acids is 4. The second-order valence-electron chi connectivity index (χ2n) is 5.45. The minimum absolute atomic E-state index is 0.154. The third-order valence-electron chi connectivity index (χ3n) is 3.93. The van der Waals surface area contributed by atoms with E-state index in [1.54, 1.807) is 18.2 Å². The first kappa shape index (κ1) is 15.5. The molecule has 4 amide bonds. The van der Waals surface area contributed by atoms with Gasteiger partial charge >= 0.3 is 0 Å². The molecule has 1 unspecified atom stereocenters. The molecule has 0 saturated carbocycles. The van der Waals surface area contributed by atoms with Crippen LogP contribution in [-0.2, 0) is 20.9 Å². The van der Waals surface area contributed by atoms with Crippen molar-refractivity contribution in [2.75, 3.05) is 11.2 Å². The first-order valence-corrected chi connectivity index (χ1v) is 7.66. The second kappa shape index (κ2) is 6.00. The predicted molar refractivity (Wildman–Crippen MR) is 81.8 cm³/mol. The summed E-state index contributed by atoms with van der Waals surface area (Å²) < 4.78 is 0. The molecule has 0 bridgehead atoms. The van der Waals surface area contributed by atoms with Crippen LogP contribution in [0.2, 0.25) is 0 Å². The molecule has 2 N–H and O–H groups in total. The van der Waals surface area contributed by atoms with E-state index in [1.807, 2.05) is 0 Å². The number of benzene rings is 1. The normalized spacial score (nSPS) is 20.3. The van der Waals surface area contributed by atoms with E-state index in [-0.39, 0.29) is 36.6 Å². The molecular weight excluding hydrogens is 322 g/mol. The van der Waals surface area contributed by atoms with Crippen molar-refractivity contribution < 1.29 is 19.2 Å². The number of carbonyl (C=O) groups is 4. The summed E-state index contributed by atoms with van der Waals surface area (Å²) in [6.07, 6.45) is 0.536. The van der Waals surface area contributed by atoms with Crippen molar-refractivity contribution >= 4 is 40.9 Å². The number of piperidine rings is 1. The average molecular weight is 336 g/mol. The molecule has 1 atom stereocenters. The van der Waals surface area contributed by atoms with Gasteiger partial charge < -0.3 is 10.2 Å². The Labute approximate surface area is 137 Å². The number of nitrogens with zero attached hydrogens (tertiary/aromatic N) is 1. The number of alkyl halides is 1. The lowest BCUT2D eigenvalue weighted by atomic mass is 10.0. The fourth-order valence-electron chi connectivity index (χ4n) is 2.85. The smallest absolute Gasteiger partial charge is 0.255 e. The van der Waals surface area contributed by atoms with E-state index in [0.29, 0.717) is 17.7 Å². The molecule has 1 saturated heterocycles. The maximum absolute atomic E-state index is 12.5. The molecule has 1 aromatic rings. The fourth-order valence-corrected chi connectivity index (χ4v) is 2.91. The SMILES string of the molecule is O=C1CCC(N2Cc3cc(NC(=O)CCl)ccc3C2=O)C(=O)N1. The van der Waals surface area contributed by atoms with Crippen LogP contribution >= 0.6 is 11.6 Å². The highest BCUT2D eigenvalue weighted by atomic mass is 35.5. The van der Waals surface area contributed by atoms with Gasteiger partial charge in [0.2, 0.25) is 17.7 Å². The van der Waals surface area contributed by atoms with Crippen LogP contribution in [0.15, 0.2) is 18.2 Å². The molecule has 1 fully saturated rings. The highest BCUT2D eigenvalue weighted by Gasteiger charge is 2.39. The number of imide groups is 1. The van der Waals surface area contributed by atoms with E-state index in [1.165, 1.54) is 4.90 Å². The Bertz CT molecular complexity index is 719. The number of nitrogens with one attached hydrogen (secondary N) is 2. The van der Waals surface area contributed by atoms with Crippen LogP contribution in [0.5, 0.6) is 0 Å². The Balaban J connectivity index is 1.80. The average Bonchev–Trinajstić information content (AvgIpc) is 2.83. The molecule has 8 heteroatoms. The van der Waals surface area contributed by atoms with Gasteiger partial charge in [0.25, 0.3) is 5.91 Å². The summed E-state index contributed by atoms with van der Waals surface area (Å²) in [4.78, 5) is 48.4. The summed E-state index contributed by atoms with van der Waals surface area (Å²) >= 11 is 5.45. The van der Waals surface area contributed by atoms with Gasteiger partial charge in [-0.15, -0.1) is 11.6 Å². The Morgan fingerprint density at radius 3 is 2.83 bits per heavy atom. The number of amides is 4. The minimum atomic E-state index is -0.645. The monoisotopic (exact) mass is 335 g/mol. The first-order valence-electron chi connectivity index (χ1n) is 7.13. The Morgan fingerprint density at radius 1 is 1.35 bits per heavy atom. The summed E-state index contributed by atoms with van der Waals surface area (Å²) in [6, 6.07) is 4.29. The maximum Gasteiger partial charge on any atom is 0.255 e. The molecule has 2 heterocycles. The van der Waals surface area contributed by atoms with Crippen molar-refractivity contribution in [3.63, 3.8) is 0 Å². The third kappa shape index (κ3) is 2.92. The quantitative estimate of drug-likeness (QED) is 0.625. The summed E-state index contributed by atoms with van der Waals surface area (Å²) in [7, 11) is 0. The molecule has 0 radical (unpaired) electrons. The van der Waals surface area contributed by atoms with Crippen molar-refractivity contribution in [1.82, 2.24) is 10.2 Å². The van der Waals surface area contributed by atoms with E-state index in [0.717, 1.165) is 5.56 Å². The van der Waals surface area contributed by atoms with Crippen LogP contribution in [0.25, 0.3) is 0 Å². The molecule has 0 aromatic heterocycles. The lowest BCUT2D eigenvalue weighted by Crippen LogP contribution is -2.52. The fraction of sp³-hybridized carbons (Fsp3) is 0.333. The van der Waals surface area contributed by atoms with E-state index >= 15 is 0 Å². The molecule has 0 aliphatic carbocycles. The van der Waals surface area contributed by atoms with Crippen LogP contribution in [0, 0.1) is 0 Å². The summed E-state index contributed by atoms with van der Waals surface area (Å²) in [6.45, 7) is 0.269. The number of hydrogen-bond donors (Lipinski definition) is 2. The number of halogens is 1. The number of anilines is 1. The van der Waals surface area contributed by atoms with Crippen LogP contribution in [0.3, 0.4) is 0 Å². The summed E-state index contributed by atoms with van der Waals surface area (Å²) in [5.74, 6) is -1.50. The Hall–Kier alpha value is -2.41. The summed E-state index contributed by atoms with van der Waals surface area (Å²) in [5.41, 5.74) is 1.78. The van der Waals surface area contributed by atoms with E-state index < -0.39 is 11.9 Å². The van der Waals surface area contributed by atoms with Gasteiger partial charge in [0.1, 0.15) is 11.9 Å². The summed E-state index contributed by atoms with van der Waals surface area (Å²) in [5, 5.41) is 4.88. The number of fused-ring (bicyclic) bond motifs is 1. The molecule has 23 heavy (non-hydrogen) atoms. The van der Waals surface area contributed by atoms with Crippen LogP contribution in [-0.4, -0.2) is 40.5 Å². The molecular formula is C15H14ClN3O4. The van der Waals surface area contributed by atoms with E-state index in [2.05, 4.69) is 10.6 Å². The second-order valence-corrected chi connectivity index (χ2v) is 5.72. The number of rotatable bonds is 3. The van der Waals surface area contributed by atoms with Crippen molar-refractivity contribution in [3.8, 4) is 0 Å². The highest BCUT2D eigenvalue weighted by Crippen LogP contribution is 2.29. The molecule has 7 nitrogen and oxygen atoms in total. The van der Waals surface area contributed by atoms with Gasteiger partial charge in [-0.3, -0.25) is 24.5 Å². The highest BCUT2D eigenvalue weighted by molar-refractivity contribution is 6.29. The third-order valence-corrected chi connectivity index (χ3v) is 4.17. The van der Waals surface area contributed by atoms with Crippen molar-refractivity contribution in [3.05, 3.63) is 29.3 Å². The van der Waals surface area contributed by atoms with Crippen molar-refractivity contribution in [1.29, 1.82) is 0 Å². The van der Waals surface area contributed by atoms with Crippen LogP contribution in [0.4, 0.5) is 5.69 Å². The molecule has 120 valence electrons. The zero-order chi connectivity index (χ0) is 16.6. The largest absolute Gasteiger partial charge is 0.325 e. The van der Waals surface area contributed by atoms with E-state index in [4.69, 9.17) is 11.6 Å². The maximum atomic E-state index is 12.5. The zero-order valence-electron chi connectivity index (χ0n) is 12.1. The van der Waals surface area contributed by atoms with Gasteiger partial charge in [0.15, 0.2) is 0 Å². The Morgan fingerprint density at radius 2 is 2.13 bits per heavy atom. The van der Waals surface area contributed by atoms with Gasteiger partial charge in [0.05, 0.1) is 0 Å². The first-order chi connectivity index (χ1) is 11.0. The molecule has 0 spiro atoms. The molecule has 2 aliphatic heterocycles. The minimum Gasteiger partial charge on any atom is -0.325 e. The predicted octanol–water partition coefficient (Wildman–Crippen LogP) is 0.625. The molecule has 1 aromatic carbocycles. The van der Waals surface area contributed by atoms with Crippen molar-refractivity contribution in [2.45, 2.75) is 25.4 Å². The molecule has 2 aliphatic rings. The standard InChI is InChI=1S/C15H14ClN3O4/c16-6-13(21)17-9-1-2-10-8(5-9)7-19(15(10)23)11-3-4-12(20)18-14(11)22/h1-2,5,11H,3-4,6-7H2,(H,17,21)(H,18,20,22). The van der Waals surface area contributed by atoms with Gasteiger partial charge in [-0.1, -0.05) is 0 Å². The molecule has 3 rings (SSSR count). The zero-order valence-corrected chi connectivity index (χ0v) is 12.9.